The summed E-state index contributed by atoms with van der Waals surface area (Å²) in [7, 11) is 0. The molecule has 0 aliphatic heterocycles. The summed E-state index contributed by atoms with van der Waals surface area (Å²) in [5.74, 6) is 0.358. The Balaban J connectivity index is 1.38. The van der Waals surface area contributed by atoms with Crippen LogP contribution in [0.3, 0.4) is 0 Å². The Labute approximate surface area is 253 Å². The Morgan fingerprint density at radius 1 is 0.955 bits per heavy atom. The highest BCUT2D eigenvalue weighted by Crippen LogP contribution is 2.30. The molecule has 0 unspecified atom stereocenters. The van der Waals surface area contributed by atoms with E-state index in [0.29, 0.717) is 41.3 Å². The molecule has 3 aromatic carbocycles. The molecular formula is C34H33N5O5. The van der Waals surface area contributed by atoms with Gasteiger partial charge in [0, 0.05) is 23.6 Å². The Morgan fingerprint density at radius 3 is 2.34 bits per heavy atom. The van der Waals surface area contributed by atoms with E-state index in [-0.39, 0.29) is 12.2 Å². The summed E-state index contributed by atoms with van der Waals surface area (Å²) in [6.07, 6.45) is 3.70. The number of rotatable bonds is 10. The van der Waals surface area contributed by atoms with E-state index in [1.165, 1.54) is 0 Å². The molecule has 3 aromatic heterocycles. The van der Waals surface area contributed by atoms with Crippen LogP contribution in [-0.2, 0) is 12.8 Å². The maximum atomic E-state index is 14.2. The number of nitrogens with one attached hydrogen (secondary N) is 1. The second-order valence-corrected chi connectivity index (χ2v) is 11.3. The van der Waals surface area contributed by atoms with E-state index < -0.39 is 11.4 Å². The lowest BCUT2D eigenvalue weighted by atomic mass is 9.96. The number of nitrogens with zero attached hydrogens (tertiary/aromatic N) is 4. The van der Waals surface area contributed by atoms with Crippen LogP contribution in [0.25, 0.3) is 33.8 Å². The fourth-order valence-electron chi connectivity index (χ4n) is 5.39. The van der Waals surface area contributed by atoms with Gasteiger partial charge >= 0.3 is 5.76 Å². The van der Waals surface area contributed by atoms with Crippen LogP contribution in [-0.4, -0.2) is 41.6 Å². The van der Waals surface area contributed by atoms with E-state index in [1.807, 2.05) is 85.1 Å². The molecule has 0 aliphatic carbocycles. The average molecular weight is 592 g/mol. The van der Waals surface area contributed by atoms with Gasteiger partial charge < -0.3 is 9.84 Å². The minimum absolute atomic E-state index is 0.102. The Morgan fingerprint density at radius 2 is 1.68 bits per heavy atom. The largest absolute Gasteiger partial charge is 0.485 e. The van der Waals surface area contributed by atoms with Crippen molar-refractivity contribution in [1.29, 1.82) is 0 Å². The molecule has 0 fully saturated rings. The number of benzene rings is 3. The second-order valence-electron chi connectivity index (χ2n) is 11.3. The molecule has 0 atom stereocenters. The summed E-state index contributed by atoms with van der Waals surface area (Å²) in [6.45, 7) is 5.59. The van der Waals surface area contributed by atoms with Gasteiger partial charge in [-0.1, -0.05) is 67.0 Å². The highest BCUT2D eigenvalue weighted by molar-refractivity contribution is 5.80. The first-order valence-electron chi connectivity index (χ1n) is 14.5. The number of fused-ring (bicyclic) bond motifs is 1. The highest BCUT2D eigenvalue weighted by atomic mass is 16.5. The Kier molecular flexibility index (Phi) is 7.75. The van der Waals surface area contributed by atoms with Gasteiger partial charge in [0.1, 0.15) is 17.0 Å². The summed E-state index contributed by atoms with van der Waals surface area (Å²) < 4.78 is 14.2. The first-order chi connectivity index (χ1) is 21.3. The van der Waals surface area contributed by atoms with Crippen LogP contribution in [0.1, 0.15) is 44.0 Å². The molecule has 0 aliphatic rings. The number of hydrogen-bond acceptors (Lipinski definition) is 7. The van der Waals surface area contributed by atoms with Gasteiger partial charge in [-0.05, 0) is 61.2 Å². The SMILES string of the molecule is CCCc1c(Cc2ccc(-c3ccccc3-c3noc(=O)[nH]3)cc2)c(=O)n(-c2ccc(OC(C)(C)CO)cc2)c2ccnn12. The summed E-state index contributed by atoms with van der Waals surface area (Å²) in [5, 5.41) is 18.0. The van der Waals surface area contributed by atoms with E-state index >= 15 is 0 Å². The predicted molar refractivity (Wildman–Crippen MR) is 167 cm³/mol. The third kappa shape index (κ3) is 5.59. The number of H-pyrrole nitrogens is 1. The number of ether oxygens (including phenoxy) is 1. The molecule has 10 nitrogen and oxygen atoms in total. The quantitative estimate of drug-likeness (QED) is 0.224. The number of aliphatic hydroxyl groups excluding tert-OH is 1. The average Bonchev–Trinajstić information content (AvgIpc) is 3.69. The van der Waals surface area contributed by atoms with Crippen molar-refractivity contribution in [3.05, 3.63) is 123 Å². The molecule has 0 saturated heterocycles. The number of hydrogen-bond donors (Lipinski definition) is 2. The highest BCUT2D eigenvalue weighted by Gasteiger charge is 2.21. The Hall–Kier alpha value is -5.22. The Bertz CT molecular complexity index is 2030. The van der Waals surface area contributed by atoms with Gasteiger partial charge in [0.15, 0.2) is 5.82 Å². The topological polar surface area (TPSA) is 128 Å². The molecule has 6 aromatic rings. The number of aromatic amines is 1. The molecule has 0 amide bonds. The lowest BCUT2D eigenvalue weighted by Crippen LogP contribution is -2.32. The van der Waals surface area contributed by atoms with Crippen LogP contribution in [0.4, 0.5) is 0 Å². The van der Waals surface area contributed by atoms with Crippen LogP contribution >= 0.6 is 0 Å². The van der Waals surface area contributed by atoms with Crippen LogP contribution in [0.15, 0.2) is 99.2 Å². The van der Waals surface area contributed by atoms with Crippen molar-refractivity contribution in [3.63, 3.8) is 0 Å². The summed E-state index contributed by atoms with van der Waals surface area (Å²) in [6, 6.07) is 24.8. The van der Waals surface area contributed by atoms with Crippen molar-refractivity contribution >= 4 is 5.65 Å². The van der Waals surface area contributed by atoms with E-state index in [9.17, 15) is 14.7 Å². The van der Waals surface area contributed by atoms with Crippen LogP contribution in [0.5, 0.6) is 5.75 Å². The second kappa shape index (κ2) is 11.8. The van der Waals surface area contributed by atoms with Gasteiger partial charge in [0.05, 0.1) is 24.2 Å². The predicted octanol–water partition coefficient (Wildman–Crippen LogP) is 5.19. The van der Waals surface area contributed by atoms with Gasteiger partial charge in [-0.25, -0.2) is 9.31 Å². The summed E-state index contributed by atoms with van der Waals surface area (Å²) >= 11 is 0. The van der Waals surface area contributed by atoms with Crippen molar-refractivity contribution in [2.24, 2.45) is 0 Å². The molecule has 224 valence electrons. The maximum absolute atomic E-state index is 14.2. The number of aryl methyl sites for hydroxylation is 1. The third-order valence-electron chi connectivity index (χ3n) is 7.54. The number of aromatic nitrogens is 5. The normalized spacial score (nSPS) is 11.7. The van der Waals surface area contributed by atoms with Crippen LogP contribution < -0.4 is 16.1 Å². The van der Waals surface area contributed by atoms with E-state index in [2.05, 4.69) is 22.2 Å². The minimum Gasteiger partial charge on any atom is -0.485 e. The van der Waals surface area contributed by atoms with Gasteiger partial charge in [0.2, 0.25) is 0 Å². The van der Waals surface area contributed by atoms with Crippen molar-refractivity contribution in [1.82, 2.24) is 24.3 Å². The molecule has 2 N–H and O–H groups in total. The molecule has 0 bridgehead atoms. The van der Waals surface area contributed by atoms with Crippen molar-refractivity contribution in [2.75, 3.05) is 6.61 Å². The fourth-order valence-corrected chi connectivity index (χ4v) is 5.39. The van der Waals surface area contributed by atoms with Crippen molar-refractivity contribution in [2.45, 2.75) is 45.6 Å². The zero-order valence-electron chi connectivity index (χ0n) is 24.8. The smallest absolute Gasteiger partial charge is 0.439 e. The van der Waals surface area contributed by atoms with Gasteiger partial charge in [-0.15, -0.1) is 0 Å². The van der Waals surface area contributed by atoms with Crippen LogP contribution in [0.2, 0.25) is 0 Å². The molecule has 3 heterocycles. The van der Waals surface area contributed by atoms with Crippen molar-refractivity contribution in [3.8, 4) is 34.0 Å². The van der Waals surface area contributed by atoms with Gasteiger partial charge in [0.25, 0.3) is 5.56 Å². The summed E-state index contributed by atoms with van der Waals surface area (Å²) in [4.78, 5) is 28.4. The van der Waals surface area contributed by atoms with E-state index in [4.69, 9.17) is 9.26 Å². The standard InChI is InChI=1S/C34H33N5O5/c1-4-7-29-28(20-22-10-12-23(13-11-22)26-8-5-6-9-27(26)31-36-33(42)44-37-31)32(41)38(30-18-19-35-39(29)30)24-14-16-25(17-15-24)43-34(2,3)21-40/h5-6,8-19,40H,4,7,20-21H2,1-3H3,(H,36,37,42). The molecule has 0 radical (unpaired) electrons. The first-order valence-corrected chi connectivity index (χ1v) is 14.5. The van der Waals surface area contributed by atoms with E-state index in [1.54, 1.807) is 22.9 Å². The zero-order valence-corrected chi connectivity index (χ0v) is 24.8. The molecular weight excluding hydrogens is 558 g/mol. The monoisotopic (exact) mass is 591 g/mol. The molecule has 44 heavy (non-hydrogen) atoms. The number of aliphatic hydroxyl groups is 1. The van der Waals surface area contributed by atoms with Gasteiger partial charge in [-0.2, -0.15) is 5.10 Å². The summed E-state index contributed by atoms with van der Waals surface area (Å²) in [5.41, 5.74) is 5.68. The zero-order chi connectivity index (χ0) is 30.8. The fraction of sp³-hybridized carbons (Fsp3) is 0.235. The first kappa shape index (κ1) is 28.9. The van der Waals surface area contributed by atoms with E-state index in [0.717, 1.165) is 34.4 Å². The molecule has 6 rings (SSSR count). The molecule has 10 heteroatoms. The third-order valence-corrected chi connectivity index (χ3v) is 7.54. The lowest BCUT2D eigenvalue weighted by molar-refractivity contribution is 0.0412. The maximum Gasteiger partial charge on any atom is 0.439 e. The minimum atomic E-state index is -0.724. The van der Waals surface area contributed by atoms with Crippen LogP contribution in [0, 0.1) is 0 Å². The van der Waals surface area contributed by atoms with Crippen molar-refractivity contribution < 1.29 is 14.4 Å². The molecule has 0 spiro atoms. The lowest BCUT2D eigenvalue weighted by Gasteiger charge is -2.24. The van der Waals surface area contributed by atoms with Gasteiger partial charge in [-0.3, -0.25) is 18.9 Å². The molecule has 0 saturated carbocycles.